The van der Waals surface area contributed by atoms with Gasteiger partial charge in [0.15, 0.2) is 0 Å². The summed E-state index contributed by atoms with van der Waals surface area (Å²) in [5.74, 6) is -1.14. The Morgan fingerprint density at radius 1 is 1.07 bits per heavy atom. The van der Waals surface area contributed by atoms with Crippen molar-refractivity contribution in [2.45, 2.75) is 12.5 Å². The number of hydrogen-bond acceptors (Lipinski definition) is 6. The van der Waals surface area contributed by atoms with Crippen LogP contribution in [0.5, 0.6) is 11.5 Å². The zero-order valence-corrected chi connectivity index (χ0v) is 15.2. The highest BCUT2D eigenvalue weighted by Gasteiger charge is 2.39. The molecule has 1 fully saturated rings. The van der Waals surface area contributed by atoms with Gasteiger partial charge in [-0.3, -0.25) is 19.8 Å². The number of hydrazine groups is 1. The minimum atomic E-state index is -0.936. The van der Waals surface area contributed by atoms with Crippen LogP contribution in [0.4, 0.5) is 10.1 Å². The van der Waals surface area contributed by atoms with Crippen LogP contribution in [0.2, 0.25) is 0 Å². The Hall–Kier alpha value is -3.46. The molecule has 1 aliphatic heterocycles. The largest absolute Gasteiger partial charge is 0.497 e. The molecule has 3 rings (SSSR count). The van der Waals surface area contributed by atoms with E-state index in [1.807, 2.05) is 0 Å². The first-order valence-electron chi connectivity index (χ1n) is 8.34. The molecule has 1 heterocycles. The maximum Gasteiger partial charge on any atom is 0.265 e. The third kappa shape index (κ3) is 3.94. The summed E-state index contributed by atoms with van der Waals surface area (Å²) in [6, 6.07) is 8.70. The fraction of sp³-hybridized carbons (Fsp3) is 0.211. The van der Waals surface area contributed by atoms with Crippen LogP contribution >= 0.6 is 0 Å². The molecule has 2 N–H and O–H groups in total. The second-order valence-corrected chi connectivity index (χ2v) is 6.00. The molecule has 0 saturated carbocycles. The van der Waals surface area contributed by atoms with Crippen molar-refractivity contribution in [2.24, 2.45) is 0 Å². The van der Waals surface area contributed by atoms with E-state index < -0.39 is 29.6 Å². The Kier molecular flexibility index (Phi) is 5.55. The second-order valence-electron chi connectivity index (χ2n) is 6.00. The summed E-state index contributed by atoms with van der Waals surface area (Å²) >= 11 is 0. The van der Waals surface area contributed by atoms with Gasteiger partial charge in [-0.05, 0) is 36.4 Å². The molecule has 2 aromatic rings. The van der Waals surface area contributed by atoms with Crippen molar-refractivity contribution < 1.29 is 28.2 Å². The SMILES string of the molecule is COc1cc(OC)cc(C(=O)NN[C@H]2CC(=O)N(c3ccc(F)cc3)C2=O)c1. The normalized spacial score (nSPS) is 16.2. The Morgan fingerprint density at radius 3 is 2.25 bits per heavy atom. The third-order valence-electron chi connectivity index (χ3n) is 4.21. The smallest absolute Gasteiger partial charge is 0.265 e. The van der Waals surface area contributed by atoms with Gasteiger partial charge in [-0.15, -0.1) is 0 Å². The molecule has 0 bridgehead atoms. The van der Waals surface area contributed by atoms with Crippen molar-refractivity contribution in [3.8, 4) is 11.5 Å². The average molecular weight is 387 g/mol. The molecule has 0 spiro atoms. The summed E-state index contributed by atoms with van der Waals surface area (Å²) < 4.78 is 23.3. The van der Waals surface area contributed by atoms with Gasteiger partial charge in [0.25, 0.3) is 11.8 Å². The highest BCUT2D eigenvalue weighted by molar-refractivity contribution is 6.22. The third-order valence-corrected chi connectivity index (χ3v) is 4.21. The van der Waals surface area contributed by atoms with E-state index in [1.165, 1.54) is 38.5 Å². The van der Waals surface area contributed by atoms with Gasteiger partial charge in [-0.25, -0.2) is 14.7 Å². The lowest BCUT2D eigenvalue weighted by Crippen LogP contribution is -2.48. The van der Waals surface area contributed by atoms with Crippen molar-refractivity contribution in [3.05, 3.63) is 53.8 Å². The van der Waals surface area contributed by atoms with E-state index >= 15 is 0 Å². The van der Waals surface area contributed by atoms with Crippen LogP contribution in [-0.2, 0) is 9.59 Å². The van der Waals surface area contributed by atoms with E-state index in [0.29, 0.717) is 11.5 Å². The van der Waals surface area contributed by atoms with Crippen LogP contribution in [0.1, 0.15) is 16.8 Å². The molecule has 3 amide bonds. The van der Waals surface area contributed by atoms with Crippen LogP contribution in [0.15, 0.2) is 42.5 Å². The van der Waals surface area contributed by atoms with E-state index in [9.17, 15) is 18.8 Å². The molecule has 2 aromatic carbocycles. The fourth-order valence-corrected chi connectivity index (χ4v) is 2.77. The molecule has 1 atom stereocenters. The van der Waals surface area contributed by atoms with Crippen LogP contribution in [0, 0.1) is 5.82 Å². The number of methoxy groups -OCH3 is 2. The number of rotatable bonds is 6. The van der Waals surface area contributed by atoms with E-state index in [0.717, 1.165) is 17.0 Å². The number of amides is 3. The summed E-state index contributed by atoms with van der Waals surface area (Å²) in [5.41, 5.74) is 5.51. The number of carbonyl (C=O) groups is 3. The molecule has 0 aromatic heterocycles. The summed E-state index contributed by atoms with van der Waals surface area (Å²) in [5, 5.41) is 0. The van der Waals surface area contributed by atoms with E-state index in [4.69, 9.17) is 9.47 Å². The number of carbonyl (C=O) groups excluding carboxylic acids is 3. The standard InChI is InChI=1S/C19H18FN3O5/c1-27-14-7-11(8-15(9-14)28-2)18(25)22-21-16-10-17(24)23(19(16)26)13-5-3-12(20)4-6-13/h3-9,16,21H,10H2,1-2H3,(H,22,25)/t16-/m0/s1. The van der Waals surface area contributed by atoms with Crippen LogP contribution in [0.3, 0.4) is 0 Å². The number of nitrogens with one attached hydrogen (secondary N) is 2. The van der Waals surface area contributed by atoms with Gasteiger partial charge in [-0.2, -0.15) is 0 Å². The first-order chi connectivity index (χ1) is 13.4. The van der Waals surface area contributed by atoms with E-state index in [2.05, 4.69) is 10.9 Å². The summed E-state index contributed by atoms with van der Waals surface area (Å²) in [6.45, 7) is 0. The van der Waals surface area contributed by atoms with Gasteiger partial charge in [0.2, 0.25) is 5.91 Å². The zero-order chi connectivity index (χ0) is 20.3. The van der Waals surface area contributed by atoms with E-state index in [1.54, 1.807) is 6.07 Å². The van der Waals surface area contributed by atoms with Gasteiger partial charge in [-0.1, -0.05) is 0 Å². The molecule has 1 saturated heterocycles. The summed E-state index contributed by atoms with van der Waals surface area (Å²) in [6.07, 6.45) is -0.141. The van der Waals surface area contributed by atoms with Gasteiger partial charge in [0, 0.05) is 11.6 Å². The fourth-order valence-electron chi connectivity index (χ4n) is 2.77. The molecule has 0 unspecified atom stereocenters. The number of anilines is 1. The lowest BCUT2D eigenvalue weighted by molar-refractivity contribution is -0.121. The highest BCUT2D eigenvalue weighted by Crippen LogP contribution is 2.24. The van der Waals surface area contributed by atoms with Crippen molar-refractivity contribution in [1.82, 2.24) is 10.9 Å². The minimum Gasteiger partial charge on any atom is -0.497 e. The lowest BCUT2D eigenvalue weighted by atomic mass is 10.2. The molecular formula is C19H18FN3O5. The Labute approximate surface area is 160 Å². The summed E-state index contributed by atoms with van der Waals surface area (Å²) in [4.78, 5) is 38.0. The molecule has 0 radical (unpaired) electrons. The highest BCUT2D eigenvalue weighted by atomic mass is 19.1. The lowest BCUT2D eigenvalue weighted by Gasteiger charge is -2.16. The Balaban J connectivity index is 1.68. The number of halogens is 1. The molecule has 9 heteroatoms. The second kappa shape index (κ2) is 8.05. The summed E-state index contributed by atoms with van der Waals surface area (Å²) in [7, 11) is 2.92. The van der Waals surface area contributed by atoms with Crippen LogP contribution in [-0.4, -0.2) is 38.0 Å². The molecular weight excluding hydrogens is 369 g/mol. The maximum absolute atomic E-state index is 13.1. The first-order valence-corrected chi connectivity index (χ1v) is 8.34. The van der Waals surface area contributed by atoms with Crippen molar-refractivity contribution in [1.29, 1.82) is 0 Å². The maximum atomic E-state index is 13.1. The number of imide groups is 1. The minimum absolute atomic E-state index is 0.141. The predicted molar refractivity (Wildman–Crippen MR) is 97.4 cm³/mol. The Bertz CT molecular complexity index is 894. The Morgan fingerprint density at radius 2 is 1.68 bits per heavy atom. The quantitative estimate of drug-likeness (QED) is 0.575. The number of ether oxygens (including phenoxy) is 2. The predicted octanol–water partition coefficient (Wildman–Crippen LogP) is 1.41. The molecule has 146 valence electrons. The van der Waals surface area contributed by atoms with E-state index in [-0.39, 0.29) is 17.7 Å². The van der Waals surface area contributed by atoms with Gasteiger partial charge >= 0.3 is 0 Å². The van der Waals surface area contributed by atoms with Crippen molar-refractivity contribution in [2.75, 3.05) is 19.1 Å². The zero-order valence-electron chi connectivity index (χ0n) is 15.2. The first kappa shape index (κ1) is 19.3. The molecule has 0 aliphatic carbocycles. The number of hydrogen-bond donors (Lipinski definition) is 2. The molecule has 28 heavy (non-hydrogen) atoms. The number of benzene rings is 2. The van der Waals surface area contributed by atoms with Gasteiger partial charge in [0.05, 0.1) is 26.3 Å². The monoisotopic (exact) mass is 387 g/mol. The molecule has 1 aliphatic rings. The van der Waals surface area contributed by atoms with Gasteiger partial charge in [0.1, 0.15) is 23.4 Å². The van der Waals surface area contributed by atoms with Crippen molar-refractivity contribution >= 4 is 23.4 Å². The van der Waals surface area contributed by atoms with Crippen LogP contribution < -0.4 is 25.2 Å². The van der Waals surface area contributed by atoms with Gasteiger partial charge < -0.3 is 9.47 Å². The molecule has 8 nitrogen and oxygen atoms in total. The topological polar surface area (TPSA) is 97.0 Å². The van der Waals surface area contributed by atoms with Crippen molar-refractivity contribution in [3.63, 3.8) is 0 Å². The van der Waals surface area contributed by atoms with Crippen LogP contribution in [0.25, 0.3) is 0 Å². The number of nitrogens with zero attached hydrogens (tertiary/aromatic N) is 1. The average Bonchev–Trinajstić information content (AvgIpc) is 2.99.